The third kappa shape index (κ3) is 4.37. The smallest absolute Gasteiger partial charge is 0.257 e. The van der Waals surface area contributed by atoms with Crippen molar-refractivity contribution in [3.05, 3.63) is 71.3 Å². The van der Waals surface area contributed by atoms with Crippen LogP contribution in [0.3, 0.4) is 0 Å². The first-order valence-electron chi connectivity index (χ1n) is 9.38. The molecule has 2 aromatic carbocycles. The molecular formula is C21H21FN4O2S. The average molecular weight is 412 g/mol. The maximum Gasteiger partial charge on any atom is 0.257 e. The molecule has 1 fully saturated rings. The molecule has 0 unspecified atom stereocenters. The van der Waals surface area contributed by atoms with Gasteiger partial charge in [-0.25, -0.2) is 9.37 Å². The lowest BCUT2D eigenvalue weighted by Gasteiger charge is -2.34. The van der Waals surface area contributed by atoms with Crippen LogP contribution in [0.1, 0.15) is 21.7 Å². The van der Waals surface area contributed by atoms with Crippen LogP contribution in [0.4, 0.5) is 9.52 Å². The van der Waals surface area contributed by atoms with Crippen molar-refractivity contribution in [2.24, 2.45) is 0 Å². The van der Waals surface area contributed by atoms with E-state index in [1.165, 1.54) is 23.7 Å². The van der Waals surface area contributed by atoms with E-state index < -0.39 is 0 Å². The summed E-state index contributed by atoms with van der Waals surface area (Å²) in [4.78, 5) is 21.4. The number of methoxy groups -OCH3 is 1. The van der Waals surface area contributed by atoms with E-state index in [-0.39, 0.29) is 11.7 Å². The van der Waals surface area contributed by atoms with Gasteiger partial charge < -0.3 is 14.5 Å². The van der Waals surface area contributed by atoms with Gasteiger partial charge in [0.05, 0.1) is 12.7 Å². The molecule has 4 rings (SSSR count). The summed E-state index contributed by atoms with van der Waals surface area (Å²) in [5.41, 5.74) is 1.56. The van der Waals surface area contributed by atoms with E-state index in [4.69, 9.17) is 4.74 Å². The van der Waals surface area contributed by atoms with Gasteiger partial charge in [0.2, 0.25) is 5.13 Å². The molecule has 0 spiro atoms. The molecule has 0 bridgehead atoms. The minimum atomic E-state index is -0.249. The van der Waals surface area contributed by atoms with Crippen LogP contribution in [-0.2, 0) is 6.42 Å². The van der Waals surface area contributed by atoms with Crippen molar-refractivity contribution in [2.45, 2.75) is 6.42 Å². The van der Waals surface area contributed by atoms with Gasteiger partial charge in [-0.2, -0.15) is 4.37 Å². The summed E-state index contributed by atoms with van der Waals surface area (Å²) in [6.45, 7) is 2.63. The number of piperazine rings is 1. The van der Waals surface area contributed by atoms with E-state index in [1.807, 2.05) is 17.0 Å². The molecule has 150 valence electrons. The molecule has 0 aliphatic carbocycles. The van der Waals surface area contributed by atoms with Gasteiger partial charge >= 0.3 is 0 Å². The Labute approximate surface area is 172 Å². The highest BCUT2D eigenvalue weighted by molar-refractivity contribution is 7.09. The van der Waals surface area contributed by atoms with Crippen molar-refractivity contribution < 1.29 is 13.9 Å². The van der Waals surface area contributed by atoms with Gasteiger partial charge in [-0.3, -0.25) is 4.79 Å². The maximum atomic E-state index is 13.0. The Bertz CT molecular complexity index is 984. The molecule has 0 saturated carbocycles. The van der Waals surface area contributed by atoms with Gasteiger partial charge in [-0.15, -0.1) is 0 Å². The number of para-hydroxylation sites is 1. The molecule has 8 heteroatoms. The van der Waals surface area contributed by atoms with Gasteiger partial charge in [0.1, 0.15) is 17.4 Å². The number of ether oxygens (including phenoxy) is 1. The second-order valence-corrected chi connectivity index (χ2v) is 7.51. The monoisotopic (exact) mass is 412 g/mol. The fraction of sp³-hybridized carbons (Fsp3) is 0.286. The van der Waals surface area contributed by atoms with Crippen LogP contribution in [0.25, 0.3) is 0 Å². The van der Waals surface area contributed by atoms with Crippen LogP contribution >= 0.6 is 11.5 Å². The number of nitrogens with zero attached hydrogens (tertiary/aromatic N) is 4. The van der Waals surface area contributed by atoms with Crippen LogP contribution in [0.15, 0.2) is 48.5 Å². The minimum Gasteiger partial charge on any atom is -0.496 e. The second-order valence-electron chi connectivity index (χ2n) is 6.78. The zero-order valence-corrected chi connectivity index (χ0v) is 16.9. The number of anilines is 1. The largest absolute Gasteiger partial charge is 0.496 e. The van der Waals surface area contributed by atoms with E-state index in [0.29, 0.717) is 43.9 Å². The average Bonchev–Trinajstić information content (AvgIpc) is 3.23. The zero-order chi connectivity index (χ0) is 20.2. The SMILES string of the molecule is COc1ccccc1C(=O)N1CCN(c2nc(Cc3ccc(F)cc3)ns2)CC1. The van der Waals surface area contributed by atoms with E-state index in [2.05, 4.69) is 14.3 Å². The van der Waals surface area contributed by atoms with E-state index in [1.54, 1.807) is 31.4 Å². The van der Waals surface area contributed by atoms with Gasteiger partial charge in [-0.1, -0.05) is 24.3 Å². The van der Waals surface area contributed by atoms with Crippen molar-refractivity contribution >= 4 is 22.6 Å². The lowest BCUT2D eigenvalue weighted by atomic mass is 10.1. The Morgan fingerprint density at radius 1 is 1.10 bits per heavy atom. The Kier molecular flexibility index (Phi) is 5.71. The number of amides is 1. The molecule has 29 heavy (non-hydrogen) atoms. The topological polar surface area (TPSA) is 58.6 Å². The lowest BCUT2D eigenvalue weighted by molar-refractivity contribution is 0.0743. The number of carbonyl (C=O) groups excluding carboxylic acids is 1. The molecule has 3 aromatic rings. The van der Waals surface area contributed by atoms with Gasteiger partial charge in [0.25, 0.3) is 5.91 Å². The zero-order valence-electron chi connectivity index (χ0n) is 16.0. The van der Waals surface area contributed by atoms with Crippen LogP contribution in [0, 0.1) is 5.82 Å². The number of halogens is 1. The van der Waals surface area contributed by atoms with Crippen LogP contribution in [0.2, 0.25) is 0 Å². The molecule has 1 aromatic heterocycles. The van der Waals surface area contributed by atoms with E-state index in [9.17, 15) is 9.18 Å². The summed E-state index contributed by atoms with van der Waals surface area (Å²) >= 11 is 1.36. The molecule has 1 aliphatic rings. The number of aromatic nitrogens is 2. The molecule has 1 aliphatic heterocycles. The third-order valence-electron chi connectivity index (χ3n) is 4.91. The maximum absolute atomic E-state index is 13.0. The standard InChI is InChI=1S/C21H21FN4O2S/c1-28-18-5-3-2-4-17(18)20(27)25-10-12-26(13-11-25)21-23-19(24-29-21)14-15-6-8-16(22)9-7-15/h2-9H,10-14H2,1H3. The first kappa shape index (κ1) is 19.3. The van der Waals surface area contributed by atoms with Crippen molar-refractivity contribution in [1.82, 2.24) is 14.3 Å². The van der Waals surface area contributed by atoms with Crippen LogP contribution in [-0.4, -0.2) is 53.5 Å². The first-order chi connectivity index (χ1) is 14.1. The molecule has 1 amide bonds. The Morgan fingerprint density at radius 3 is 2.55 bits per heavy atom. The quantitative estimate of drug-likeness (QED) is 0.644. The number of benzene rings is 2. The lowest BCUT2D eigenvalue weighted by Crippen LogP contribution is -2.48. The summed E-state index contributed by atoms with van der Waals surface area (Å²) < 4.78 is 22.8. The normalized spacial score (nSPS) is 14.1. The number of carbonyl (C=O) groups is 1. The van der Waals surface area contributed by atoms with E-state index in [0.717, 1.165) is 16.5 Å². The second kappa shape index (κ2) is 8.57. The molecular weight excluding hydrogens is 391 g/mol. The van der Waals surface area contributed by atoms with Gasteiger partial charge in [0, 0.05) is 44.1 Å². The first-order valence-corrected chi connectivity index (χ1v) is 10.2. The number of hydrogen-bond donors (Lipinski definition) is 0. The van der Waals surface area contributed by atoms with Gasteiger partial charge in [0.15, 0.2) is 0 Å². The highest BCUT2D eigenvalue weighted by Gasteiger charge is 2.25. The molecule has 0 radical (unpaired) electrons. The summed E-state index contributed by atoms with van der Waals surface area (Å²) in [6, 6.07) is 13.7. The Hall–Kier alpha value is -3.00. The molecule has 1 saturated heterocycles. The third-order valence-corrected chi connectivity index (χ3v) is 5.72. The summed E-state index contributed by atoms with van der Waals surface area (Å²) in [6.07, 6.45) is 0.572. The summed E-state index contributed by atoms with van der Waals surface area (Å²) in [7, 11) is 1.57. The van der Waals surface area contributed by atoms with Crippen molar-refractivity contribution in [2.75, 3.05) is 38.2 Å². The molecule has 0 N–H and O–H groups in total. The van der Waals surface area contributed by atoms with Gasteiger partial charge in [-0.05, 0) is 29.8 Å². The fourth-order valence-corrected chi connectivity index (χ4v) is 4.06. The summed E-state index contributed by atoms with van der Waals surface area (Å²) in [5, 5.41) is 0.853. The minimum absolute atomic E-state index is 0.0173. The van der Waals surface area contributed by atoms with Crippen molar-refractivity contribution in [1.29, 1.82) is 0 Å². The van der Waals surface area contributed by atoms with Crippen LogP contribution in [0.5, 0.6) is 5.75 Å². The highest BCUT2D eigenvalue weighted by atomic mass is 32.1. The Morgan fingerprint density at radius 2 is 1.83 bits per heavy atom. The highest BCUT2D eigenvalue weighted by Crippen LogP contribution is 2.23. The summed E-state index contributed by atoms with van der Waals surface area (Å²) in [5.74, 6) is 1.05. The van der Waals surface area contributed by atoms with E-state index >= 15 is 0 Å². The van der Waals surface area contributed by atoms with Crippen molar-refractivity contribution in [3.8, 4) is 5.75 Å². The molecule has 0 atom stereocenters. The molecule has 6 nitrogen and oxygen atoms in total. The molecule has 2 heterocycles. The number of rotatable bonds is 5. The predicted molar refractivity (Wildman–Crippen MR) is 110 cm³/mol. The predicted octanol–water partition coefficient (Wildman–Crippen LogP) is 3.24. The number of hydrogen-bond acceptors (Lipinski definition) is 6. The van der Waals surface area contributed by atoms with Crippen LogP contribution < -0.4 is 9.64 Å². The Balaban J connectivity index is 1.37. The fourth-order valence-electron chi connectivity index (χ4n) is 3.32. The van der Waals surface area contributed by atoms with Crippen molar-refractivity contribution in [3.63, 3.8) is 0 Å².